The fourth-order valence-corrected chi connectivity index (χ4v) is 1.98. The van der Waals surface area contributed by atoms with Gasteiger partial charge in [-0.3, -0.25) is 4.79 Å². The van der Waals surface area contributed by atoms with Crippen LogP contribution in [0.25, 0.3) is 0 Å². The van der Waals surface area contributed by atoms with Gasteiger partial charge in [-0.25, -0.2) is 0 Å². The summed E-state index contributed by atoms with van der Waals surface area (Å²) in [5.74, 6) is 0.969. The zero-order valence-corrected chi connectivity index (χ0v) is 11.3. The maximum Gasteiger partial charge on any atom is 0.166 e. The molecule has 0 fully saturated rings. The lowest BCUT2D eigenvalue weighted by Crippen LogP contribution is -2.07. The van der Waals surface area contributed by atoms with Gasteiger partial charge in [0, 0.05) is 12.0 Å². The lowest BCUT2D eigenvalue weighted by atomic mass is 10.1. The Balaban J connectivity index is 1.88. The van der Waals surface area contributed by atoms with Gasteiger partial charge in [0.15, 0.2) is 5.78 Å². The Morgan fingerprint density at radius 2 is 1.79 bits per heavy atom. The molecule has 0 aliphatic rings. The number of Topliss-reactive ketones (excluding diaryl/α,β-unsaturated/α-hetero) is 1. The zero-order valence-electron chi connectivity index (χ0n) is 11.3. The first-order valence-electron chi connectivity index (χ1n) is 6.45. The van der Waals surface area contributed by atoms with Crippen LogP contribution in [0.5, 0.6) is 5.75 Å². The van der Waals surface area contributed by atoms with E-state index in [4.69, 9.17) is 4.74 Å². The summed E-state index contributed by atoms with van der Waals surface area (Å²) in [5, 5.41) is 0. The number of hydrogen-bond donors (Lipinski definition) is 0. The average Bonchev–Trinajstić information content (AvgIpc) is 2.42. The largest absolute Gasteiger partial charge is 0.493 e. The Morgan fingerprint density at radius 3 is 2.47 bits per heavy atom. The second-order valence-electron chi connectivity index (χ2n) is 4.66. The molecule has 2 nitrogen and oxygen atoms in total. The number of ether oxygens (including phenoxy) is 1. The Labute approximate surface area is 114 Å². The SMILES string of the molecule is Cc1ccc(OCCC(=O)c2ccccc2)c(C)c1. The molecule has 0 saturated heterocycles. The Bertz CT molecular complexity index is 559. The highest BCUT2D eigenvalue weighted by molar-refractivity contribution is 5.96. The van der Waals surface area contributed by atoms with Crippen molar-refractivity contribution in [2.75, 3.05) is 6.61 Å². The summed E-state index contributed by atoms with van der Waals surface area (Å²) in [7, 11) is 0. The smallest absolute Gasteiger partial charge is 0.166 e. The van der Waals surface area contributed by atoms with E-state index in [0.717, 1.165) is 16.9 Å². The van der Waals surface area contributed by atoms with E-state index >= 15 is 0 Å². The van der Waals surface area contributed by atoms with Gasteiger partial charge < -0.3 is 4.74 Å². The summed E-state index contributed by atoms with van der Waals surface area (Å²) in [4.78, 5) is 11.9. The first kappa shape index (κ1) is 13.3. The number of aryl methyl sites for hydroxylation is 2. The molecule has 0 saturated carbocycles. The van der Waals surface area contributed by atoms with Crippen molar-refractivity contribution in [3.63, 3.8) is 0 Å². The van der Waals surface area contributed by atoms with Crippen molar-refractivity contribution in [1.82, 2.24) is 0 Å². The fourth-order valence-electron chi connectivity index (χ4n) is 1.98. The van der Waals surface area contributed by atoms with E-state index in [1.165, 1.54) is 5.56 Å². The van der Waals surface area contributed by atoms with Gasteiger partial charge in [-0.2, -0.15) is 0 Å². The van der Waals surface area contributed by atoms with Crippen molar-refractivity contribution in [3.05, 3.63) is 65.2 Å². The Morgan fingerprint density at radius 1 is 1.05 bits per heavy atom. The van der Waals surface area contributed by atoms with Gasteiger partial charge in [0.25, 0.3) is 0 Å². The molecule has 0 radical (unpaired) electrons. The molecule has 2 rings (SSSR count). The molecule has 2 aromatic rings. The molecule has 0 amide bonds. The van der Waals surface area contributed by atoms with Gasteiger partial charge in [-0.15, -0.1) is 0 Å². The quantitative estimate of drug-likeness (QED) is 0.755. The average molecular weight is 254 g/mol. The molecule has 0 aliphatic carbocycles. The number of rotatable bonds is 5. The molecular formula is C17H18O2. The van der Waals surface area contributed by atoms with Crippen LogP contribution >= 0.6 is 0 Å². The lowest BCUT2D eigenvalue weighted by Gasteiger charge is -2.09. The van der Waals surface area contributed by atoms with Gasteiger partial charge in [0.1, 0.15) is 5.75 Å². The summed E-state index contributed by atoms with van der Waals surface area (Å²) >= 11 is 0. The minimum absolute atomic E-state index is 0.116. The molecule has 0 bridgehead atoms. The molecule has 0 atom stereocenters. The van der Waals surface area contributed by atoms with Gasteiger partial charge in [-0.1, -0.05) is 48.0 Å². The van der Waals surface area contributed by atoms with Gasteiger partial charge in [0.2, 0.25) is 0 Å². The number of benzene rings is 2. The first-order valence-corrected chi connectivity index (χ1v) is 6.45. The Hall–Kier alpha value is -2.09. The number of carbonyl (C=O) groups is 1. The first-order chi connectivity index (χ1) is 9.16. The van der Waals surface area contributed by atoms with Crippen LogP contribution in [-0.2, 0) is 0 Å². The lowest BCUT2D eigenvalue weighted by molar-refractivity contribution is 0.0962. The molecule has 2 aromatic carbocycles. The minimum atomic E-state index is 0.116. The van der Waals surface area contributed by atoms with E-state index in [-0.39, 0.29) is 5.78 Å². The maximum absolute atomic E-state index is 11.9. The van der Waals surface area contributed by atoms with Crippen molar-refractivity contribution in [2.45, 2.75) is 20.3 Å². The molecule has 0 unspecified atom stereocenters. The molecule has 19 heavy (non-hydrogen) atoms. The monoisotopic (exact) mass is 254 g/mol. The standard InChI is InChI=1S/C17H18O2/c1-13-8-9-17(14(2)12-13)19-11-10-16(18)15-6-4-3-5-7-15/h3-9,12H,10-11H2,1-2H3. The van der Waals surface area contributed by atoms with E-state index in [1.54, 1.807) is 0 Å². The van der Waals surface area contributed by atoms with Crippen LogP contribution in [0.4, 0.5) is 0 Å². The van der Waals surface area contributed by atoms with E-state index in [0.29, 0.717) is 13.0 Å². The topological polar surface area (TPSA) is 26.3 Å². The van der Waals surface area contributed by atoms with Gasteiger partial charge in [-0.05, 0) is 25.5 Å². The van der Waals surface area contributed by atoms with Crippen LogP contribution in [0.15, 0.2) is 48.5 Å². The third kappa shape index (κ3) is 3.68. The Kier molecular flexibility index (Phi) is 4.35. The molecule has 0 N–H and O–H groups in total. The minimum Gasteiger partial charge on any atom is -0.493 e. The second kappa shape index (κ2) is 6.19. The molecule has 2 heteroatoms. The van der Waals surface area contributed by atoms with E-state index in [1.807, 2.05) is 49.4 Å². The van der Waals surface area contributed by atoms with Crippen LogP contribution in [-0.4, -0.2) is 12.4 Å². The second-order valence-corrected chi connectivity index (χ2v) is 4.66. The zero-order chi connectivity index (χ0) is 13.7. The highest BCUT2D eigenvalue weighted by Crippen LogP contribution is 2.19. The third-order valence-electron chi connectivity index (χ3n) is 3.01. The summed E-state index contributed by atoms with van der Waals surface area (Å²) < 4.78 is 5.66. The molecule has 0 heterocycles. The van der Waals surface area contributed by atoms with E-state index < -0.39 is 0 Å². The van der Waals surface area contributed by atoms with Crippen LogP contribution in [0.3, 0.4) is 0 Å². The maximum atomic E-state index is 11.9. The van der Waals surface area contributed by atoms with E-state index in [2.05, 4.69) is 13.0 Å². The van der Waals surface area contributed by atoms with Crippen LogP contribution in [0, 0.1) is 13.8 Å². The summed E-state index contributed by atoms with van der Waals surface area (Å²) in [6, 6.07) is 15.4. The van der Waals surface area contributed by atoms with Crippen molar-refractivity contribution in [3.8, 4) is 5.75 Å². The number of ketones is 1. The fraction of sp³-hybridized carbons (Fsp3) is 0.235. The van der Waals surface area contributed by atoms with Crippen molar-refractivity contribution in [1.29, 1.82) is 0 Å². The molecule has 0 aromatic heterocycles. The summed E-state index contributed by atoms with van der Waals surface area (Å²) in [6.07, 6.45) is 0.400. The summed E-state index contributed by atoms with van der Waals surface area (Å²) in [5.41, 5.74) is 3.06. The van der Waals surface area contributed by atoms with Crippen molar-refractivity contribution < 1.29 is 9.53 Å². The molecular weight excluding hydrogens is 236 g/mol. The van der Waals surface area contributed by atoms with Gasteiger partial charge in [0.05, 0.1) is 6.61 Å². The predicted molar refractivity (Wildman–Crippen MR) is 76.8 cm³/mol. The van der Waals surface area contributed by atoms with Crippen molar-refractivity contribution in [2.24, 2.45) is 0 Å². The normalized spacial score (nSPS) is 10.2. The van der Waals surface area contributed by atoms with Crippen molar-refractivity contribution >= 4 is 5.78 Å². The molecule has 98 valence electrons. The van der Waals surface area contributed by atoms with Gasteiger partial charge >= 0.3 is 0 Å². The number of hydrogen-bond acceptors (Lipinski definition) is 2. The molecule has 0 spiro atoms. The highest BCUT2D eigenvalue weighted by Gasteiger charge is 2.06. The van der Waals surface area contributed by atoms with Crippen LogP contribution < -0.4 is 4.74 Å². The highest BCUT2D eigenvalue weighted by atomic mass is 16.5. The van der Waals surface area contributed by atoms with Crippen LogP contribution in [0.1, 0.15) is 27.9 Å². The van der Waals surface area contributed by atoms with E-state index in [9.17, 15) is 4.79 Å². The molecule has 0 aliphatic heterocycles. The summed E-state index contributed by atoms with van der Waals surface area (Å²) in [6.45, 7) is 4.48. The third-order valence-corrected chi connectivity index (χ3v) is 3.01. The number of carbonyl (C=O) groups excluding carboxylic acids is 1. The van der Waals surface area contributed by atoms with Crippen LogP contribution in [0.2, 0.25) is 0 Å². The predicted octanol–water partition coefficient (Wildman–Crippen LogP) is 3.96.